The minimum atomic E-state index is -4.47. The van der Waals surface area contributed by atoms with Gasteiger partial charge in [0.2, 0.25) is 5.91 Å². The van der Waals surface area contributed by atoms with Gasteiger partial charge in [-0.05, 0) is 55.3 Å². The van der Waals surface area contributed by atoms with Crippen LogP contribution in [-0.2, 0) is 12.6 Å². The van der Waals surface area contributed by atoms with Gasteiger partial charge in [-0.15, -0.1) is 0 Å². The van der Waals surface area contributed by atoms with Crippen LogP contribution in [0.5, 0.6) is 0 Å². The third kappa shape index (κ3) is 3.76. The lowest BCUT2D eigenvalue weighted by Crippen LogP contribution is -2.25. The van der Waals surface area contributed by atoms with Gasteiger partial charge in [-0.2, -0.15) is 13.2 Å². The number of benzene rings is 2. The van der Waals surface area contributed by atoms with Crippen molar-refractivity contribution in [2.45, 2.75) is 32.5 Å². The van der Waals surface area contributed by atoms with Crippen LogP contribution in [0.3, 0.4) is 0 Å². The number of rotatable bonds is 4. The molecule has 1 aromatic heterocycles. The molecule has 2 N–H and O–H groups in total. The van der Waals surface area contributed by atoms with Crippen LogP contribution < -0.4 is 10.6 Å². The number of hydrogen-bond donors (Lipinski definition) is 1. The molecule has 0 radical (unpaired) electrons. The van der Waals surface area contributed by atoms with Crippen LogP contribution in [0.4, 0.5) is 18.9 Å². The summed E-state index contributed by atoms with van der Waals surface area (Å²) in [6.07, 6.45) is -3.97. The zero-order chi connectivity index (χ0) is 22.5. The number of pyridine rings is 1. The van der Waals surface area contributed by atoms with E-state index >= 15 is 0 Å². The number of amides is 1. The number of alkyl halides is 3. The first kappa shape index (κ1) is 20.9. The molecule has 31 heavy (non-hydrogen) atoms. The lowest BCUT2D eigenvalue weighted by Gasteiger charge is -2.24. The fraction of sp³-hybridized carbons (Fsp3) is 0.250. The van der Waals surface area contributed by atoms with Gasteiger partial charge in [-0.3, -0.25) is 4.79 Å². The van der Waals surface area contributed by atoms with E-state index in [1.54, 1.807) is 6.07 Å². The molecular weight excluding hydrogens is 403 g/mol. The first-order chi connectivity index (χ1) is 14.6. The SMILES string of the molecule is CC(C)N(C)c1ccc2c(c1)Cc1c(C(N)=O)cc(-c3cccc(C(F)(F)F)c3)nc1-2. The smallest absolute Gasteiger partial charge is 0.372 e. The van der Waals surface area contributed by atoms with Gasteiger partial charge < -0.3 is 10.6 Å². The highest BCUT2D eigenvalue weighted by atomic mass is 19.4. The Bertz CT molecular complexity index is 1190. The Morgan fingerprint density at radius 1 is 1.13 bits per heavy atom. The summed E-state index contributed by atoms with van der Waals surface area (Å²) in [5, 5.41) is 0. The molecule has 0 bridgehead atoms. The van der Waals surface area contributed by atoms with Gasteiger partial charge in [0.15, 0.2) is 0 Å². The maximum atomic E-state index is 13.2. The Morgan fingerprint density at radius 2 is 1.87 bits per heavy atom. The molecule has 0 unspecified atom stereocenters. The number of primary amides is 1. The van der Waals surface area contributed by atoms with Crippen LogP contribution >= 0.6 is 0 Å². The molecule has 4 rings (SSSR count). The van der Waals surface area contributed by atoms with Crippen molar-refractivity contribution in [3.05, 3.63) is 70.8 Å². The Balaban J connectivity index is 1.85. The fourth-order valence-corrected chi connectivity index (χ4v) is 3.86. The van der Waals surface area contributed by atoms with Gasteiger partial charge in [-0.25, -0.2) is 4.98 Å². The Labute approximate surface area is 178 Å². The van der Waals surface area contributed by atoms with Crippen molar-refractivity contribution >= 4 is 11.6 Å². The molecule has 1 aliphatic rings. The number of aromatic nitrogens is 1. The van der Waals surface area contributed by atoms with E-state index in [1.807, 2.05) is 19.2 Å². The number of nitrogens with two attached hydrogens (primary N) is 1. The molecule has 0 spiro atoms. The van der Waals surface area contributed by atoms with Gasteiger partial charge in [-0.1, -0.05) is 18.2 Å². The van der Waals surface area contributed by atoms with Crippen molar-refractivity contribution in [2.24, 2.45) is 5.73 Å². The lowest BCUT2D eigenvalue weighted by molar-refractivity contribution is -0.137. The summed E-state index contributed by atoms with van der Waals surface area (Å²) in [6, 6.07) is 12.7. The topological polar surface area (TPSA) is 59.2 Å². The second-order valence-electron chi connectivity index (χ2n) is 8.05. The van der Waals surface area contributed by atoms with E-state index in [1.165, 1.54) is 12.1 Å². The second-order valence-corrected chi connectivity index (χ2v) is 8.05. The van der Waals surface area contributed by atoms with Gasteiger partial charge in [0.25, 0.3) is 0 Å². The molecule has 1 heterocycles. The molecule has 0 saturated heterocycles. The minimum absolute atomic E-state index is 0.282. The molecule has 0 fully saturated rings. The zero-order valence-corrected chi connectivity index (χ0v) is 17.4. The lowest BCUT2D eigenvalue weighted by atomic mass is 10.0. The molecule has 0 atom stereocenters. The molecule has 7 heteroatoms. The standard InChI is InChI=1S/C24H22F3N3O/c1-13(2)30(3)17-7-8-18-15(10-17)11-19-20(23(28)31)12-21(29-22(18)19)14-5-4-6-16(9-14)24(25,26)27/h4-10,12-13H,11H2,1-3H3,(H2,28,31). The van der Waals surface area contributed by atoms with Gasteiger partial charge >= 0.3 is 6.18 Å². The van der Waals surface area contributed by atoms with Crippen molar-refractivity contribution in [1.82, 2.24) is 4.98 Å². The number of hydrogen-bond acceptors (Lipinski definition) is 3. The van der Waals surface area contributed by atoms with Crippen LogP contribution in [0, 0.1) is 0 Å². The van der Waals surface area contributed by atoms with Crippen LogP contribution in [0.15, 0.2) is 48.5 Å². The second kappa shape index (κ2) is 7.41. The number of fused-ring (bicyclic) bond motifs is 3. The normalized spacial score (nSPS) is 12.6. The maximum absolute atomic E-state index is 13.2. The summed E-state index contributed by atoms with van der Waals surface area (Å²) in [4.78, 5) is 19.0. The average Bonchev–Trinajstić information content (AvgIpc) is 3.09. The predicted molar refractivity (Wildman–Crippen MR) is 115 cm³/mol. The summed E-state index contributed by atoms with van der Waals surface area (Å²) < 4.78 is 39.5. The van der Waals surface area contributed by atoms with Crippen molar-refractivity contribution in [3.63, 3.8) is 0 Å². The molecule has 1 aliphatic carbocycles. The highest BCUT2D eigenvalue weighted by Gasteiger charge is 2.31. The highest BCUT2D eigenvalue weighted by molar-refractivity contribution is 5.98. The summed E-state index contributed by atoms with van der Waals surface area (Å²) in [6.45, 7) is 4.19. The molecule has 0 saturated carbocycles. The van der Waals surface area contributed by atoms with Crippen LogP contribution in [0.2, 0.25) is 0 Å². The van der Waals surface area contributed by atoms with E-state index in [0.717, 1.165) is 28.9 Å². The molecule has 160 valence electrons. The average molecular weight is 425 g/mol. The van der Waals surface area contributed by atoms with E-state index in [0.29, 0.717) is 23.7 Å². The number of nitrogens with zero attached hydrogens (tertiary/aromatic N) is 2. The number of anilines is 1. The molecule has 3 aromatic rings. The largest absolute Gasteiger partial charge is 0.416 e. The van der Waals surface area contributed by atoms with Crippen LogP contribution in [0.1, 0.15) is 40.9 Å². The summed E-state index contributed by atoms with van der Waals surface area (Å²) >= 11 is 0. The first-order valence-corrected chi connectivity index (χ1v) is 9.93. The molecule has 2 aromatic carbocycles. The summed E-state index contributed by atoms with van der Waals surface area (Å²) in [5.74, 6) is -0.626. The van der Waals surface area contributed by atoms with Crippen molar-refractivity contribution in [3.8, 4) is 22.5 Å². The van der Waals surface area contributed by atoms with Crippen molar-refractivity contribution in [2.75, 3.05) is 11.9 Å². The minimum Gasteiger partial charge on any atom is -0.372 e. The first-order valence-electron chi connectivity index (χ1n) is 9.93. The third-order valence-corrected chi connectivity index (χ3v) is 5.77. The third-order valence-electron chi connectivity index (χ3n) is 5.77. The van der Waals surface area contributed by atoms with Crippen molar-refractivity contribution in [1.29, 1.82) is 0 Å². The maximum Gasteiger partial charge on any atom is 0.416 e. The van der Waals surface area contributed by atoms with E-state index in [9.17, 15) is 18.0 Å². The Hall–Kier alpha value is -3.35. The van der Waals surface area contributed by atoms with Gasteiger partial charge in [0, 0.05) is 41.9 Å². The molecular formula is C24H22F3N3O. The van der Waals surface area contributed by atoms with E-state index in [4.69, 9.17) is 5.73 Å². The Kier molecular flexibility index (Phi) is 5.00. The molecule has 4 nitrogen and oxygen atoms in total. The summed E-state index contributed by atoms with van der Waals surface area (Å²) in [7, 11) is 2.01. The van der Waals surface area contributed by atoms with E-state index < -0.39 is 17.6 Å². The van der Waals surface area contributed by atoms with E-state index in [-0.39, 0.29) is 16.8 Å². The predicted octanol–water partition coefficient (Wildman–Crippen LogP) is 5.28. The quantitative estimate of drug-likeness (QED) is 0.484. The fourth-order valence-electron chi connectivity index (χ4n) is 3.86. The number of carbonyl (C=O) groups is 1. The highest BCUT2D eigenvalue weighted by Crippen LogP contribution is 2.41. The van der Waals surface area contributed by atoms with Gasteiger partial charge in [0.1, 0.15) is 0 Å². The van der Waals surface area contributed by atoms with Crippen molar-refractivity contribution < 1.29 is 18.0 Å². The monoisotopic (exact) mass is 425 g/mol. The van der Waals surface area contributed by atoms with Gasteiger partial charge in [0.05, 0.1) is 17.0 Å². The number of carbonyl (C=O) groups excluding carboxylic acids is 1. The molecule has 1 amide bonds. The number of halogens is 3. The summed E-state index contributed by atoms with van der Waals surface area (Å²) in [5.41, 5.74) is 9.94. The zero-order valence-electron chi connectivity index (χ0n) is 17.4. The van der Waals surface area contributed by atoms with Crippen LogP contribution in [0.25, 0.3) is 22.5 Å². The van der Waals surface area contributed by atoms with E-state index in [2.05, 4.69) is 29.8 Å². The van der Waals surface area contributed by atoms with Crippen LogP contribution in [-0.4, -0.2) is 24.0 Å². The molecule has 0 aliphatic heterocycles. The Morgan fingerprint density at radius 3 is 2.52 bits per heavy atom.